The van der Waals surface area contributed by atoms with Gasteiger partial charge in [-0.25, -0.2) is 0 Å². The van der Waals surface area contributed by atoms with Gasteiger partial charge in [0.05, 0.1) is 5.60 Å². The maximum Gasteiger partial charge on any atom is 0.103 e. The van der Waals surface area contributed by atoms with E-state index in [-0.39, 0.29) is 0 Å². The highest BCUT2D eigenvalue weighted by Gasteiger charge is 2.25. The van der Waals surface area contributed by atoms with Crippen molar-refractivity contribution in [2.24, 2.45) is 0 Å². The number of aliphatic hydroxyl groups excluding tert-OH is 1. The van der Waals surface area contributed by atoms with Crippen LogP contribution in [-0.2, 0) is 0 Å². The Balaban J connectivity index is 2.86. The minimum atomic E-state index is -1.10. The zero-order valence-corrected chi connectivity index (χ0v) is 9.44. The topological polar surface area (TPSA) is 40.5 Å². The van der Waals surface area contributed by atoms with Gasteiger partial charge in [0.2, 0.25) is 0 Å². The van der Waals surface area contributed by atoms with Crippen molar-refractivity contribution < 1.29 is 10.2 Å². The van der Waals surface area contributed by atoms with Crippen molar-refractivity contribution in [1.82, 2.24) is 0 Å². The molecular formula is C13H18O2. The Morgan fingerprint density at radius 3 is 2.27 bits per heavy atom. The first-order chi connectivity index (χ1) is 6.91. The van der Waals surface area contributed by atoms with Gasteiger partial charge in [-0.1, -0.05) is 36.4 Å². The summed E-state index contributed by atoms with van der Waals surface area (Å²) < 4.78 is 0. The Kier molecular flexibility index (Phi) is 3.66. The molecule has 0 aliphatic rings. The molecule has 0 aliphatic carbocycles. The van der Waals surface area contributed by atoms with E-state index in [0.29, 0.717) is 0 Å². The number of aliphatic hydroxyl groups is 2. The summed E-state index contributed by atoms with van der Waals surface area (Å²) in [5, 5.41) is 19.4. The van der Waals surface area contributed by atoms with Gasteiger partial charge in [-0.2, -0.15) is 0 Å². The average Bonchev–Trinajstić information content (AvgIpc) is 2.16. The highest BCUT2D eigenvalue weighted by Crippen LogP contribution is 2.18. The van der Waals surface area contributed by atoms with Crippen LogP contribution in [0.3, 0.4) is 0 Å². The van der Waals surface area contributed by atoms with E-state index in [0.717, 1.165) is 11.1 Å². The van der Waals surface area contributed by atoms with Crippen LogP contribution in [-0.4, -0.2) is 21.9 Å². The minimum absolute atomic E-state index is 0.758. The maximum absolute atomic E-state index is 9.80. The molecule has 1 aromatic carbocycles. The summed E-state index contributed by atoms with van der Waals surface area (Å²) in [6.07, 6.45) is 1.04. The summed E-state index contributed by atoms with van der Waals surface area (Å²) in [7, 11) is 0. The molecule has 0 spiro atoms. The molecular weight excluding hydrogens is 188 g/mol. The van der Waals surface area contributed by atoms with Crippen LogP contribution in [0.1, 0.15) is 26.3 Å². The molecule has 1 aromatic rings. The normalized spacial score (nSPS) is 15.1. The minimum Gasteiger partial charge on any atom is -0.387 e. The molecule has 2 N–H and O–H groups in total. The second-order valence-corrected chi connectivity index (χ2v) is 4.36. The molecule has 2 heteroatoms. The van der Waals surface area contributed by atoms with Gasteiger partial charge in [-0.05, 0) is 31.9 Å². The van der Waals surface area contributed by atoms with Crippen molar-refractivity contribution in [3.05, 3.63) is 41.5 Å². The van der Waals surface area contributed by atoms with Crippen LogP contribution in [0.2, 0.25) is 0 Å². The van der Waals surface area contributed by atoms with Crippen molar-refractivity contribution in [1.29, 1.82) is 0 Å². The number of hydrogen-bond donors (Lipinski definition) is 2. The Bertz CT molecular complexity index is 333. The molecule has 1 rings (SSSR count). The van der Waals surface area contributed by atoms with Gasteiger partial charge >= 0.3 is 0 Å². The second kappa shape index (κ2) is 4.60. The molecule has 15 heavy (non-hydrogen) atoms. The molecule has 0 bridgehead atoms. The van der Waals surface area contributed by atoms with E-state index >= 15 is 0 Å². The quantitative estimate of drug-likeness (QED) is 0.796. The largest absolute Gasteiger partial charge is 0.387 e. The van der Waals surface area contributed by atoms with Crippen molar-refractivity contribution in [2.45, 2.75) is 32.5 Å². The van der Waals surface area contributed by atoms with Gasteiger partial charge in [-0.3, -0.25) is 0 Å². The highest BCUT2D eigenvalue weighted by atomic mass is 16.3. The average molecular weight is 206 g/mol. The van der Waals surface area contributed by atoms with Crippen molar-refractivity contribution in [3.8, 4) is 0 Å². The van der Waals surface area contributed by atoms with Gasteiger partial charge in [0, 0.05) is 0 Å². The van der Waals surface area contributed by atoms with Crippen LogP contribution in [0.25, 0.3) is 6.08 Å². The summed E-state index contributed by atoms with van der Waals surface area (Å²) in [6.45, 7) is 5.01. The predicted molar refractivity (Wildman–Crippen MR) is 62.4 cm³/mol. The third-order valence-corrected chi connectivity index (χ3v) is 2.29. The first-order valence-electron chi connectivity index (χ1n) is 5.05. The lowest BCUT2D eigenvalue weighted by molar-refractivity contribution is -0.0277. The van der Waals surface area contributed by atoms with Gasteiger partial charge in [0.15, 0.2) is 0 Å². The zero-order valence-electron chi connectivity index (χ0n) is 9.44. The molecule has 2 nitrogen and oxygen atoms in total. The van der Waals surface area contributed by atoms with E-state index in [4.69, 9.17) is 0 Å². The van der Waals surface area contributed by atoms with E-state index in [2.05, 4.69) is 0 Å². The lowest BCUT2D eigenvalue weighted by Gasteiger charge is -2.25. The predicted octanol–water partition coefficient (Wildman–Crippen LogP) is 2.22. The van der Waals surface area contributed by atoms with Crippen LogP contribution in [0.5, 0.6) is 0 Å². The molecule has 0 amide bonds. The summed E-state index contributed by atoms with van der Waals surface area (Å²) in [6, 6.07) is 9.74. The van der Waals surface area contributed by atoms with Gasteiger partial charge in [0.1, 0.15) is 6.10 Å². The summed E-state index contributed by atoms with van der Waals surface area (Å²) >= 11 is 0. The lowest BCUT2D eigenvalue weighted by atomic mass is 9.94. The van der Waals surface area contributed by atoms with Crippen LogP contribution in [0, 0.1) is 0 Å². The van der Waals surface area contributed by atoms with Crippen LogP contribution < -0.4 is 0 Å². The van der Waals surface area contributed by atoms with Crippen LogP contribution in [0.15, 0.2) is 35.9 Å². The third-order valence-electron chi connectivity index (χ3n) is 2.29. The van der Waals surface area contributed by atoms with Crippen molar-refractivity contribution in [2.75, 3.05) is 0 Å². The van der Waals surface area contributed by atoms with E-state index < -0.39 is 11.7 Å². The van der Waals surface area contributed by atoms with E-state index in [1.165, 1.54) is 0 Å². The van der Waals surface area contributed by atoms with E-state index in [1.54, 1.807) is 13.8 Å². The van der Waals surface area contributed by atoms with Gasteiger partial charge < -0.3 is 10.2 Å². The summed E-state index contributed by atoms with van der Waals surface area (Å²) in [5.41, 5.74) is 0.682. The maximum atomic E-state index is 9.80. The summed E-state index contributed by atoms with van der Waals surface area (Å²) in [5.74, 6) is 0. The molecule has 0 heterocycles. The molecule has 0 aliphatic heterocycles. The van der Waals surface area contributed by atoms with Crippen LogP contribution >= 0.6 is 0 Å². The second-order valence-electron chi connectivity index (χ2n) is 4.36. The van der Waals surface area contributed by atoms with Gasteiger partial charge in [-0.15, -0.1) is 0 Å². The zero-order chi connectivity index (χ0) is 11.5. The third kappa shape index (κ3) is 3.50. The summed E-state index contributed by atoms with van der Waals surface area (Å²) in [4.78, 5) is 0. The molecule has 82 valence electrons. The fourth-order valence-electron chi connectivity index (χ4n) is 1.45. The Labute approximate surface area is 90.9 Å². The number of benzene rings is 1. The molecule has 1 atom stereocenters. The SMILES string of the molecule is C/C(=C\c1ccccc1)[C@@H](O)C(C)(C)O. The number of hydrogen-bond acceptors (Lipinski definition) is 2. The smallest absolute Gasteiger partial charge is 0.103 e. The molecule has 0 radical (unpaired) electrons. The molecule has 0 saturated heterocycles. The monoisotopic (exact) mass is 206 g/mol. The van der Waals surface area contributed by atoms with E-state index in [1.807, 2.05) is 43.3 Å². The highest BCUT2D eigenvalue weighted by molar-refractivity contribution is 5.53. The standard InChI is InChI=1S/C13H18O2/c1-10(12(14)13(2,3)15)9-11-7-5-4-6-8-11/h4-9,12,14-15H,1-3H3/b10-9+/t12-/m1/s1. The first-order valence-corrected chi connectivity index (χ1v) is 5.05. The van der Waals surface area contributed by atoms with Crippen molar-refractivity contribution in [3.63, 3.8) is 0 Å². The molecule has 0 unspecified atom stereocenters. The first kappa shape index (κ1) is 12.0. The molecule has 0 fully saturated rings. The van der Waals surface area contributed by atoms with E-state index in [9.17, 15) is 10.2 Å². The Morgan fingerprint density at radius 1 is 1.27 bits per heavy atom. The lowest BCUT2D eigenvalue weighted by Crippen LogP contribution is -2.36. The molecule has 0 aromatic heterocycles. The fraction of sp³-hybridized carbons (Fsp3) is 0.385. The molecule has 0 saturated carbocycles. The fourth-order valence-corrected chi connectivity index (χ4v) is 1.45. The van der Waals surface area contributed by atoms with Crippen molar-refractivity contribution >= 4 is 6.08 Å². The number of rotatable bonds is 3. The van der Waals surface area contributed by atoms with Gasteiger partial charge in [0.25, 0.3) is 0 Å². The Hall–Kier alpha value is -1.12. The van der Waals surface area contributed by atoms with Crippen LogP contribution in [0.4, 0.5) is 0 Å². The Morgan fingerprint density at radius 2 is 1.80 bits per heavy atom.